The number of ether oxygens (including phenoxy) is 1. The van der Waals surface area contributed by atoms with Crippen molar-refractivity contribution in [1.82, 2.24) is 4.90 Å². The Hall–Kier alpha value is -2.18. The molecule has 138 valence electrons. The minimum absolute atomic E-state index is 0.0906. The molecule has 2 heterocycles. The maximum Gasteiger partial charge on any atom is 0.226 e. The molecular formula is C20H24N2O3S. The molecule has 1 fully saturated rings. The molecular weight excluding hydrogens is 348 g/mol. The maximum atomic E-state index is 12.6. The van der Waals surface area contributed by atoms with Gasteiger partial charge in [0.1, 0.15) is 0 Å². The number of nitrogens with zero attached hydrogens (tertiary/aromatic N) is 1. The van der Waals surface area contributed by atoms with Gasteiger partial charge in [0, 0.05) is 25.1 Å². The van der Waals surface area contributed by atoms with Crippen LogP contribution in [0.3, 0.4) is 0 Å². The molecule has 1 aromatic heterocycles. The quantitative estimate of drug-likeness (QED) is 0.847. The molecule has 0 saturated carbocycles. The van der Waals surface area contributed by atoms with E-state index in [-0.39, 0.29) is 24.3 Å². The number of hydrogen-bond donors (Lipinski definition) is 1. The number of amides is 2. The number of carbonyl (C=O) groups excluding carboxylic acids is 2. The molecule has 5 nitrogen and oxygen atoms in total. The van der Waals surface area contributed by atoms with Crippen LogP contribution in [0.2, 0.25) is 0 Å². The summed E-state index contributed by atoms with van der Waals surface area (Å²) >= 11 is 1.64. The fraction of sp³-hybridized carbons (Fsp3) is 0.400. The molecule has 0 radical (unpaired) electrons. The minimum Gasteiger partial charge on any atom is -0.377 e. The summed E-state index contributed by atoms with van der Waals surface area (Å²) in [6.07, 6.45) is 1.45. The van der Waals surface area contributed by atoms with Gasteiger partial charge in [-0.1, -0.05) is 12.1 Å². The molecule has 6 heteroatoms. The molecule has 1 aromatic carbocycles. The Labute approximate surface area is 158 Å². The molecule has 26 heavy (non-hydrogen) atoms. The summed E-state index contributed by atoms with van der Waals surface area (Å²) in [5, 5.41) is 7.00. The van der Waals surface area contributed by atoms with Crippen LogP contribution < -0.4 is 5.32 Å². The van der Waals surface area contributed by atoms with Gasteiger partial charge < -0.3 is 15.0 Å². The van der Waals surface area contributed by atoms with Crippen molar-refractivity contribution in [2.75, 3.05) is 25.1 Å². The Morgan fingerprint density at radius 3 is 3.00 bits per heavy atom. The minimum atomic E-state index is -0.205. The normalized spacial score (nSPS) is 17.1. The highest BCUT2D eigenvalue weighted by Gasteiger charge is 2.28. The van der Waals surface area contributed by atoms with E-state index < -0.39 is 0 Å². The van der Waals surface area contributed by atoms with Gasteiger partial charge in [0.15, 0.2) is 0 Å². The van der Waals surface area contributed by atoms with E-state index in [4.69, 9.17) is 4.74 Å². The Balaban J connectivity index is 1.55. The van der Waals surface area contributed by atoms with Gasteiger partial charge in [0.25, 0.3) is 0 Å². The standard InChI is InChI=1S/C20H24N2O3S/c1-15-3-2-4-17(11-15)21-19(23)12-18-13-25-9-8-22(18)20(24)6-5-16-7-10-26-14-16/h2-4,7,10-11,14,18H,5-6,8-9,12-13H2,1H3,(H,21,23). The lowest BCUT2D eigenvalue weighted by molar-refractivity contribution is -0.141. The number of morpholine rings is 1. The molecule has 1 N–H and O–H groups in total. The highest BCUT2D eigenvalue weighted by Crippen LogP contribution is 2.16. The van der Waals surface area contributed by atoms with E-state index in [2.05, 4.69) is 10.7 Å². The van der Waals surface area contributed by atoms with Gasteiger partial charge in [-0.05, 0) is 53.4 Å². The van der Waals surface area contributed by atoms with E-state index >= 15 is 0 Å². The highest BCUT2D eigenvalue weighted by molar-refractivity contribution is 7.07. The van der Waals surface area contributed by atoms with Gasteiger partial charge in [-0.15, -0.1) is 0 Å². The fourth-order valence-corrected chi connectivity index (χ4v) is 3.83. The van der Waals surface area contributed by atoms with E-state index in [9.17, 15) is 9.59 Å². The zero-order chi connectivity index (χ0) is 18.4. The number of benzene rings is 1. The summed E-state index contributed by atoms with van der Waals surface area (Å²) in [5.41, 5.74) is 3.06. The number of rotatable bonds is 6. The number of thiophene rings is 1. The lowest BCUT2D eigenvalue weighted by atomic mass is 10.1. The topological polar surface area (TPSA) is 58.6 Å². The molecule has 1 aliphatic rings. The van der Waals surface area contributed by atoms with Crippen LogP contribution in [0.15, 0.2) is 41.1 Å². The molecule has 1 atom stereocenters. The fourth-order valence-electron chi connectivity index (χ4n) is 3.13. The summed E-state index contributed by atoms with van der Waals surface area (Å²) in [6, 6.07) is 9.53. The maximum absolute atomic E-state index is 12.6. The first-order chi connectivity index (χ1) is 12.6. The molecule has 2 aromatic rings. The second-order valence-corrected chi connectivity index (χ2v) is 7.35. The lowest BCUT2D eigenvalue weighted by Gasteiger charge is -2.35. The lowest BCUT2D eigenvalue weighted by Crippen LogP contribution is -2.50. The molecule has 1 aliphatic heterocycles. The van der Waals surface area contributed by atoms with Crippen molar-refractivity contribution in [3.63, 3.8) is 0 Å². The van der Waals surface area contributed by atoms with Crippen LogP contribution in [-0.2, 0) is 20.7 Å². The van der Waals surface area contributed by atoms with E-state index in [1.165, 1.54) is 5.56 Å². The van der Waals surface area contributed by atoms with Gasteiger partial charge in [-0.25, -0.2) is 0 Å². The highest BCUT2D eigenvalue weighted by atomic mass is 32.1. The van der Waals surface area contributed by atoms with Gasteiger partial charge in [0.05, 0.1) is 19.3 Å². The van der Waals surface area contributed by atoms with E-state index in [1.807, 2.05) is 47.5 Å². The third kappa shape index (κ3) is 5.16. The number of hydrogen-bond acceptors (Lipinski definition) is 4. The van der Waals surface area contributed by atoms with Crippen molar-refractivity contribution in [3.05, 3.63) is 52.2 Å². The largest absolute Gasteiger partial charge is 0.377 e. The predicted molar refractivity (Wildman–Crippen MR) is 103 cm³/mol. The van der Waals surface area contributed by atoms with Gasteiger partial charge in [-0.2, -0.15) is 11.3 Å². The first-order valence-electron chi connectivity index (χ1n) is 8.86. The third-order valence-electron chi connectivity index (χ3n) is 4.48. The molecule has 2 amide bonds. The van der Waals surface area contributed by atoms with Gasteiger partial charge in [-0.3, -0.25) is 9.59 Å². The monoisotopic (exact) mass is 372 g/mol. The Kier molecular flexibility index (Phi) is 6.41. The van der Waals surface area contributed by atoms with Crippen LogP contribution in [0, 0.1) is 6.92 Å². The summed E-state index contributed by atoms with van der Waals surface area (Å²) in [4.78, 5) is 26.8. The van der Waals surface area contributed by atoms with Crippen molar-refractivity contribution >= 4 is 28.8 Å². The molecule has 1 saturated heterocycles. The number of anilines is 1. The Morgan fingerprint density at radius 1 is 1.35 bits per heavy atom. The average Bonchev–Trinajstić information content (AvgIpc) is 3.13. The van der Waals surface area contributed by atoms with Crippen LogP contribution in [0.5, 0.6) is 0 Å². The van der Waals surface area contributed by atoms with Crippen LogP contribution in [0.4, 0.5) is 5.69 Å². The van der Waals surface area contributed by atoms with E-state index in [0.717, 1.165) is 17.7 Å². The summed E-state index contributed by atoms with van der Waals surface area (Å²) in [7, 11) is 0. The first kappa shape index (κ1) is 18.6. The SMILES string of the molecule is Cc1cccc(NC(=O)CC2COCCN2C(=O)CCc2ccsc2)c1. The second-order valence-electron chi connectivity index (χ2n) is 6.57. The third-order valence-corrected chi connectivity index (χ3v) is 5.21. The molecule has 0 spiro atoms. The number of carbonyl (C=O) groups is 2. The summed E-state index contributed by atoms with van der Waals surface area (Å²) in [5.74, 6) is -0.00501. The number of aryl methyl sites for hydroxylation is 2. The van der Waals surface area contributed by atoms with E-state index in [1.54, 1.807) is 11.3 Å². The van der Waals surface area contributed by atoms with Crippen molar-refractivity contribution in [2.45, 2.75) is 32.2 Å². The summed E-state index contributed by atoms with van der Waals surface area (Å²) < 4.78 is 5.51. The van der Waals surface area contributed by atoms with Gasteiger partial charge >= 0.3 is 0 Å². The second kappa shape index (κ2) is 8.96. The average molecular weight is 372 g/mol. The van der Waals surface area contributed by atoms with Crippen LogP contribution >= 0.6 is 11.3 Å². The van der Waals surface area contributed by atoms with Crippen molar-refractivity contribution in [2.24, 2.45) is 0 Å². The van der Waals surface area contributed by atoms with Crippen LogP contribution in [0.25, 0.3) is 0 Å². The van der Waals surface area contributed by atoms with Crippen LogP contribution in [0.1, 0.15) is 24.0 Å². The number of nitrogens with one attached hydrogen (secondary N) is 1. The summed E-state index contributed by atoms with van der Waals surface area (Å²) in [6.45, 7) is 3.47. The zero-order valence-electron chi connectivity index (χ0n) is 14.9. The van der Waals surface area contributed by atoms with Crippen molar-refractivity contribution in [3.8, 4) is 0 Å². The Morgan fingerprint density at radius 2 is 2.23 bits per heavy atom. The predicted octanol–water partition coefficient (Wildman–Crippen LogP) is 3.25. The molecule has 0 aliphatic carbocycles. The Bertz CT molecular complexity index is 745. The van der Waals surface area contributed by atoms with Crippen molar-refractivity contribution < 1.29 is 14.3 Å². The zero-order valence-corrected chi connectivity index (χ0v) is 15.8. The first-order valence-corrected chi connectivity index (χ1v) is 9.81. The molecule has 3 rings (SSSR count). The van der Waals surface area contributed by atoms with Gasteiger partial charge in [0.2, 0.25) is 11.8 Å². The van der Waals surface area contributed by atoms with Crippen LogP contribution in [-0.4, -0.2) is 42.5 Å². The molecule has 1 unspecified atom stereocenters. The smallest absolute Gasteiger partial charge is 0.226 e. The van der Waals surface area contributed by atoms with Crippen molar-refractivity contribution in [1.29, 1.82) is 0 Å². The molecule has 0 bridgehead atoms. The van der Waals surface area contributed by atoms with E-state index in [0.29, 0.717) is 26.2 Å².